The number of rotatable bonds is 6. The highest BCUT2D eigenvalue weighted by molar-refractivity contribution is 6.31. The summed E-state index contributed by atoms with van der Waals surface area (Å²) >= 11 is 5.98. The van der Waals surface area contributed by atoms with Crippen molar-refractivity contribution >= 4 is 22.8 Å². The van der Waals surface area contributed by atoms with Crippen LogP contribution in [0.2, 0.25) is 5.02 Å². The highest BCUT2D eigenvalue weighted by Crippen LogP contribution is 2.20. The molecule has 0 atom stereocenters. The maximum atomic E-state index is 5.98. The minimum Gasteiger partial charge on any atom is -0.330 e. The van der Waals surface area contributed by atoms with Crippen LogP contribution < -0.4 is 5.73 Å². The van der Waals surface area contributed by atoms with Gasteiger partial charge in [0.2, 0.25) is 0 Å². The van der Waals surface area contributed by atoms with Crippen LogP contribution in [-0.4, -0.2) is 21.1 Å². The van der Waals surface area contributed by atoms with Gasteiger partial charge < -0.3 is 10.3 Å². The van der Waals surface area contributed by atoms with Crippen molar-refractivity contribution < 1.29 is 0 Å². The molecule has 2 heterocycles. The number of hydrogen-bond acceptors (Lipinski definition) is 3. The van der Waals surface area contributed by atoms with Crippen LogP contribution in [0.1, 0.15) is 32.5 Å². The normalized spacial score (nSPS) is 11.6. The van der Waals surface area contributed by atoms with Gasteiger partial charge in [0.15, 0.2) is 5.65 Å². The molecule has 0 aliphatic carbocycles. The number of aryl methyl sites for hydroxylation is 1. The van der Waals surface area contributed by atoms with Gasteiger partial charge in [-0.1, -0.05) is 25.4 Å². The fraction of sp³-hybridized carbons (Fsp3) is 0.571. The number of imidazole rings is 1. The Morgan fingerprint density at radius 1 is 1.37 bits per heavy atom. The van der Waals surface area contributed by atoms with E-state index in [2.05, 4.69) is 28.4 Å². The predicted octanol–water partition coefficient (Wildman–Crippen LogP) is 3.02. The first kappa shape index (κ1) is 14.3. The van der Waals surface area contributed by atoms with E-state index in [4.69, 9.17) is 17.3 Å². The lowest BCUT2D eigenvalue weighted by molar-refractivity contribution is 0.554. The number of fused-ring (bicyclic) bond motifs is 1. The van der Waals surface area contributed by atoms with Crippen LogP contribution >= 0.6 is 11.6 Å². The summed E-state index contributed by atoms with van der Waals surface area (Å²) in [6.07, 6.45) is 4.71. The second kappa shape index (κ2) is 6.35. The summed E-state index contributed by atoms with van der Waals surface area (Å²) in [7, 11) is 0. The molecule has 0 amide bonds. The highest BCUT2D eigenvalue weighted by atomic mass is 35.5. The average molecular weight is 281 g/mol. The van der Waals surface area contributed by atoms with Crippen molar-refractivity contribution in [3.8, 4) is 0 Å². The summed E-state index contributed by atoms with van der Waals surface area (Å²) < 4.78 is 2.21. The van der Waals surface area contributed by atoms with E-state index in [1.807, 2.05) is 6.07 Å². The van der Waals surface area contributed by atoms with Gasteiger partial charge in [-0.15, -0.1) is 0 Å². The first-order valence-corrected chi connectivity index (χ1v) is 7.20. The minimum atomic E-state index is 0.570. The molecule has 2 rings (SSSR count). The molecule has 19 heavy (non-hydrogen) atoms. The molecule has 0 aliphatic rings. The van der Waals surface area contributed by atoms with Crippen LogP contribution in [0.5, 0.6) is 0 Å². The maximum Gasteiger partial charge on any atom is 0.160 e. The van der Waals surface area contributed by atoms with Crippen LogP contribution in [0.25, 0.3) is 11.2 Å². The summed E-state index contributed by atoms with van der Waals surface area (Å²) in [5, 5.41) is 0.634. The molecule has 0 spiro atoms. The van der Waals surface area contributed by atoms with Gasteiger partial charge in [-0.3, -0.25) is 0 Å². The molecular weight excluding hydrogens is 260 g/mol. The van der Waals surface area contributed by atoms with E-state index < -0.39 is 0 Å². The number of hydrogen-bond donors (Lipinski definition) is 1. The van der Waals surface area contributed by atoms with E-state index in [0.29, 0.717) is 10.9 Å². The standard InChI is InChI=1S/C14H21ClN4/c1-10(2)7-13-18-12-8-11(15)9-17-14(12)19(13)6-4-3-5-16/h8-10H,3-7,16H2,1-2H3. The van der Waals surface area contributed by atoms with Gasteiger partial charge in [0.1, 0.15) is 11.3 Å². The highest BCUT2D eigenvalue weighted by Gasteiger charge is 2.13. The smallest absolute Gasteiger partial charge is 0.160 e. The Balaban J connectivity index is 2.36. The zero-order valence-corrected chi connectivity index (χ0v) is 12.3. The van der Waals surface area contributed by atoms with Crippen molar-refractivity contribution in [2.75, 3.05) is 6.54 Å². The number of unbranched alkanes of at least 4 members (excludes halogenated alkanes) is 1. The third kappa shape index (κ3) is 3.45. The minimum absolute atomic E-state index is 0.570. The molecule has 2 aromatic heterocycles. The molecule has 0 saturated carbocycles. The molecule has 0 bridgehead atoms. The van der Waals surface area contributed by atoms with Crippen molar-refractivity contribution in [2.45, 2.75) is 39.7 Å². The molecule has 0 radical (unpaired) electrons. The molecule has 104 valence electrons. The van der Waals surface area contributed by atoms with Crippen molar-refractivity contribution in [2.24, 2.45) is 11.7 Å². The van der Waals surface area contributed by atoms with Crippen LogP contribution in [0.4, 0.5) is 0 Å². The number of halogens is 1. The van der Waals surface area contributed by atoms with E-state index in [1.165, 1.54) is 0 Å². The Labute approximate surface area is 119 Å². The maximum absolute atomic E-state index is 5.98. The molecule has 2 N–H and O–H groups in total. The van der Waals surface area contributed by atoms with Gasteiger partial charge in [-0.05, 0) is 31.4 Å². The van der Waals surface area contributed by atoms with Crippen LogP contribution in [-0.2, 0) is 13.0 Å². The summed E-state index contributed by atoms with van der Waals surface area (Å²) in [5.41, 5.74) is 7.37. The summed E-state index contributed by atoms with van der Waals surface area (Å²) in [6, 6.07) is 1.88. The van der Waals surface area contributed by atoms with Gasteiger partial charge in [0, 0.05) is 19.2 Å². The number of aromatic nitrogens is 3. The monoisotopic (exact) mass is 280 g/mol. The number of nitrogens with two attached hydrogens (primary N) is 1. The molecule has 0 fully saturated rings. The third-order valence-electron chi connectivity index (χ3n) is 3.06. The third-order valence-corrected chi connectivity index (χ3v) is 3.26. The molecule has 0 aromatic carbocycles. The first-order chi connectivity index (χ1) is 9.11. The fourth-order valence-corrected chi connectivity index (χ4v) is 2.36. The van der Waals surface area contributed by atoms with Gasteiger partial charge in [-0.25, -0.2) is 9.97 Å². The molecule has 4 nitrogen and oxygen atoms in total. The quantitative estimate of drug-likeness (QED) is 0.828. The zero-order chi connectivity index (χ0) is 13.8. The lowest BCUT2D eigenvalue weighted by atomic mass is 10.1. The first-order valence-electron chi connectivity index (χ1n) is 6.82. The molecule has 5 heteroatoms. The summed E-state index contributed by atoms with van der Waals surface area (Å²) in [6.45, 7) is 6.05. The fourth-order valence-electron chi connectivity index (χ4n) is 2.20. The van der Waals surface area contributed by atoms with E-state index >= 15 is 0 Å². The van der Waals surface area contributed by atoms with Crippen LogP contribution in [0.15, 0.2) is 12.3 Å². The van der Waals surface area contributed by atoms with E-state index in [-0.39, 0.29) is 0 Å². The largest absolute Gasteiger partial charge is 0.330 e. The SMILES string of the molecule is CC(C)Cc1nc2cc(Cl)cnc2n1CCCCN. The zero-order valence-electron chi connectivity index (χ0n) is 11.6. The molecular formula is C14H21ClN4. The van der Waals surface area contributed by atoms with Crippen molar-refractivity contribution in [3.05, 3.63) is 23.1 Å². The van der Waals surface area contributed by atoms with Crippen LogP contribution in [0.3, 0.4) is 0 Å². The summed E-state index contributed by atoms with van der Waals surface area (Å²) in [5.74, 6) is 1.66. The van der Waals surface area contributed by atoms with Gasteiger partial charge in [-0.2, -0.15) is 0 Å². The second-order valence-electron chi connectivity index (χ2n) is 5.27. The lowest BCUT2D eigenvalue weighted by Crippen LogP contribution is -2.09. The molecule has 0 saturated heterocycles. The van der Waals surface area contributed by atoms with Gasteiger partial charge in [0.25, 0.3) is 0 Å². The Bertz CT molecular complexity index is 548. The van der Waals surface area contributed by atoms with E-state index in [1.54, 1.807) is 6.20 Å². The predicted molar refractivity (Wildman–Crippen MR) is 79.4 cm³/mol. The van der Waals surface area contributed by atoms with Crippen LogP contribution in [0, 0.1) is 5.92 Å². The number of nitrogens with zero attached hydrogens (tertiary/aromatic N) is 3. The molecule has 0 aliphatic heterocycles. The lowest BCUT2D eigenvalue weighted by Gasteiger charge is -2.09. The topological polar surface area (TPSA) is 56.7 Å². The van der Waals surface area contributed by atoms with E-state index in [9.17, 15) is 0 Å². The van der Waals surface area contributed by atoms with Gasteiger partial charge >= 0.3 is 0 Å². The van der Waals surface area contributed by atoms with Crippen molar-refractivity contribution in [1.29, 1.82) is 0 Å². The Morgan fingerprint density at radius 2 is 2.16 bits per heavy atom. The Hall–Kier alpha value is -1.13. The Morgan fingerprint density at radius 3 is 2.84 bits per heavy atom. The number of pyridine rings is 1. The van der Waals surface area contributed by atoms with E-state index in [0.717, 1.165) is 49.3 Å². The molecule has 2 aromatic rings. The molecule has 0 unspecified atom stereocenters. The summed E-state index contributed by atoms with van der Waals surface area (Å²) in [4.78, 5) is 9.10. The second-order valence-corrected chi connectivity index (χ2v) is 5.71. The average Bonchev–Trinajstić information content (AvgIpc) is 2.66. The van der Waals surface area contributed by atoms with Gasteiger partial charge in [0.05, 0.1) is 5.02 Å². The van der Waals surface area contributed by atoms with Crippen molar-refractivity contribution in [3.63, 3.8) is 0 Å². The van der Waals surface area contributed by atoms with Crippen molar-refractivity contribution in [1.82, 2.24) is 14.5 Å². The Kier molecular flexibility index (Phi) is 4.77.